The molecule has 0 saturated heterocycles. The molecule has 4 heteroatoms. The third-order valence-corrected chi connectivity index (χ3v) is 3.85. The van der Waals surface area contributed by atoms with Gasteiger partial charge < -0.3 is 14.6 Å². The molecule has 0 aliphatic heterocycles. The van der Waals surface area contributed by atoms with Crippen LogP contribution in [0.2, 0.25) is 0 Å². The summed E-state index contributed by atoms with van der Waals surface area (Å²) in [6.45, 7) is 6.32. The van der Waals surface area contributed by atoms with Crippen molar-refractivity contribution in [3.8, 4) is 5.75 Å². The fourth-order valence-electron chi connectivity index (χ4n) is 2.74. The average Bonchev–Trinajstić information content (AvgIpc) is 2.63. The Labute approximate surface area is 150 Å². The molecule has 4 nitrogen and oxygen atoms in total. The highest BCUT2D eigenvalue weighted by Gasteiger charge is 2.15. The molecule has 1 atom stereocenters. The number of rotatable bonds is 11. The first-order chi connectivity index (χ1) is 12.2. The summed E-state index contributed by atoms with van der Waals surface area (Å²) in [5.41, 5.74) is 2.30. The van der Waals surface area contributed by atoms with E-state index < -0.39 is 6.10 Å². The Morgan fingerprint density at radius 2 is 1.80 bits per heavy atom. The molecule has 134 valence electrons. The molecule has 0 heterocycles. The van der Waals surface area contributed by atoms with Crippen LogP contribution >= 0.6 is 0 Å². The molecule has 0 bridgehead atoms. The smallest absolute Gasteiger partial charge is 0.123 e. The Balaban J connectivity index is 2.06. The first kappa shape index (κ1) is 19.2. The van der Waals surface area contributed by atoms with Crippen LogP contribution in [-0.2, 0) is 17.8 Å². The predicted octanol–water partition coefficient (Wildman–Crippen LogP) is 3.26. The second kappa shape index (κ2) is 10.7. The van der Waals surface area contributed by atoms with Gasteiger partial charge in [-0.15, -0.1) is 6.58 Å². The lowest BCUT2D eigenvalue weighted by atomic mass is 10.1. The summed E-state index contributed by atoms with van der Waals surface area (Å²) < 4.78 is 10.8. The molecule has 1 N–H and O–H groups in total. The number of para-hydroxylation sites is 1. The maximum Gasteiger partial charge on any atom is 0.123 e. The number of benzene rings is 2. The van der Waals surface area contributed by atoms with Gasteiger partial charge in [0.2, 0.25) is 0 Å². The van der Waals surface area contributed by atoms with E-state index in [0.29, 0.717) is 26.3 Å². The summed E-state index contributed by atoms with van der Waals surface area (Å²) in [5.74, 6) is 0.859. The van der Waals surface area contributed by atoms with Crippen molar-refractivity contribution in [1.82, 2.24) is 4.90 Å². The molecule has 1 unspecified atom stereocenters. The highest BCUT2D eigenvalue weighted by Crippen LogP contribution is 2.20. The highest BCUT2D eigenvalue weighted by atomic mass is 16.5. The summed E-state index contributed by atoms with van der Waals surface area (Å²) in [7, 11) is 1.68. The maximum absolute atomic E-state index is 10.3. The Kier molecular flexibility index (Phi) is 8.19. The van der Waals surface area contributed by atoms with Crippen molar-refractivity contribution in [2.45, 2.75) is 19.2 Å². The van der Waals surface area contributed by atoms with Gasteiger partial charge in [0.1, 0.15) is 5.75 Å². The zero-order valence-corrected chi connectivity index (χ0v) is 14.8. The number of nitrogens with zero attached hydrogens (tertiary/aromatic N) is 1. The van der Waals surface area contributed by atoms with Gasteiger partial charge in [0.05, 0.1) is 26.4 Å². The molecule has 0 aromatic heterocycles. The minimum Gasteiger partial charge on any atom is -0.496 e. The van der Waals surface area contributed by atoms with Gasteiger partial charge in [0, 0.05) is 25.2 Å². The van der Waals surface area contributed by atoms with E-state index >= 15 is 0 Å². The van der Waals surface area contributed by atoms with E-state index in [4.69, 9.17) is 9.47 Å². The van der Waals surface area contributed by atoms with E-state index in [1.807, 2.05) is 36.4 Å². The third kappa shape index (κ3) is 6.70. The SMILES string of the molecule is C=CCOCC(O)CN(Cc1ccccc1)Cc1ccccc1OC. The second-order valence-electron chi connectivity index (χ2n) is 5.95. The van der Waals surface area contributed by atoms with E-state index in [9.17, 15) is 5.11 Å². The lowest BCUT2D eigenvalue weighted by molar-refractivity contribution is 0.0227. The third-order valence-electron chi connectivity index (χ3n) is 3.85. The first-order valence-corrected chi connectivity index (χ1v) is 8.47. The summed E-state index contributed by atoms with van der Waals surface area (Å²) in [5, 5.41) is 10.3. The van der Waals surface area contributed by atoms with Crippen LogP contribution in [0.25, 0.3) is 0 Å². The largest absolute Gasteiger partial charge is 0.496 e. The first-order valence-electron chi connectivity index (χ1n) is 8.47. The predicted molar refractivity (Wildman–Crippen MR) is 101 cm³/mol. The zero-order valence-electron chi connectivity index (χ0n) is 14.8. The lowest BCUT2D eigenvalue weighted by Gasteiger charge is -2.26. The van der Waals surface area contributed by atoms with Crippen molar-refractivity contribution in [1.29, 1.82) is 0 Å². The summed E-state index contributed by atoms with van der Waals surface area (Å²) in [6.07, 6.45) is 1.13. The van der Waals surface area contributed by atoms with Gasteiger partial charge in [-0.2, -0.15) is 0 Å². The minimum atomic E-state index is -0.557. The van der Waals surface area contributed by atoms with Crippen molar-refractivity contribution in [3.05, 3.63) is 78.4 Å². The molecule has 0 aliphatic carbocycles. The molecule has 2 rings (SSSR count). The van der Waals surface area contributed by atoms with E-state index in [-0.39, 0.29) is 0 Å². The van der Waals surface area contributed by atoms with Crippen LogP contribution in [0.3, 0.4) is 0 Å². The van der Waals surface area contributed by atoms with E-state index in [1.165, 1.54) is 5.56 Å². The van der Waals surface area contributed by atoms with Gasteiger partial charge in [-0.05, 0) is 11.6 Å². The van der Waals surface area contributed by atoms with Crippen LogP contribution in [0, 0.1) is 0 Å². The normalized spacial score (nSPS) is 12.1. The molecule has 0 fully saturated rings. The molecule has 2 aromatic carbocycles. The van der Waals surface area contributed by atoms with Crippen LogP contribution in [0.1, 0.15) is 11.1 Å². The Bertz CT molecular complexity index is 630. The van der Waals surface area contributed by atoms with E-state index in [0.717, 1.165) is 17.9 Å². The second-order valence-corrected chi connectivity index (χ2v) is 5.95. The van der Waals surface area contributed by atoms with Crippen LogP contribution < -0.4 is 4.74 Å². The Hall–Kier alpha value is -2.14. The van der Waals surface area contributed by atoms with E-state index in [2.05, 4.69) is 29.7 Å². The summed E-state index contributed by atoms with van der Waals surface area (Å²) in [6, 6.07) is 18.2. The topological polar surface area (TPSA) is 41.9 Å². The van der Waals surface area contributed by atoms with Crippen LogP contribution in [0.15, 0.2) is 67.3 Å². The standard InChI is InChI=1S/C21H27NO3/c1-3-13-25-17-20(23)16-22(14-18-9-5-4-6-10-18)15-19-11-7-8-12-21(19)24-2/h3-12,20,23H,1,13-17H2,2H3. The zero-order chi connectivity index (χ0) is 17.9. The fourth-order valence-corrected chi connectivity index (χ4v) is 2.74. The Morgan fingerprint density at radius 1 is 1.08 bits per heavy atom. The number of methoxy groups -OCH3 is 1. The molecular formula is C21H27NO3. The molecule has 0 spiro atoms. The summed E-state index contributed by atoms with van der Waals surface area (Å²) >= 11 is 0. The van der Waals surface area contributed by atoms with Crippen LogP contribution in [0.5, 0.6) is 5.75 Å². The molecule has 0 amide bonds. The van der Waals surface area contributed by atoms with E-state index in [1.54, 1.807) is 13.2 Å². The molecule has 0 radical (unpaired) electrons. The van der Waals surface area contributed by atoms with Gasteiger partial charge in [0.15, 0.2) is 0 Å². The monoisotopic (exact) mass is 341 g/mol. The molecule has 0 saturated carbocycles. The number of hydrogen-bond acceptors (Lipinski definition) is 4. The quantitative estimate of drug-likeness (QED) is 0.503. The number of aliphatic hydroxyl groups excluding tert-OH is 1. The average molecular weight is 341 g/mol. The van der Waals surface area contributed by atoms with Gasteiger partial charge in [-0.1, -0.05) is 54.6 Å². The Morgan fingerprint density at radius 3 is 2.52 bits per heavy atom. The van der Waals surface area contributed by atoms with Crippen molar-refractivity contribution < 1.29 is 14.6 Å². The van der Waals surface area contributed by atoms with Crippen LogP contribution in [-0.4, -0.2) is 43.0 Å². The lowest BCUT2D eigenvalue weighted by Crippen LogP contribution is -2.34. The molecular weight excluding hydrogens is 314 g/mol. The van der Waals surface area contributed by atoms with Crippen molar-refractivity contribution in [2.75, 3.05) is 26.9 Å². The number of aliphatic hydroxyl groups is 1. The maximum atomic E-state index is 10.3. The summed E-state index contributed by atoms with van der Waals surface area (Å²) in [4.78, 5) is 2.20. The van der Waals surface area contributed by atoms with Gasteiger partial charge >= 0.3 is 0 Å². The minimum absolute atomic E-state index is 0.295. The highest BCUT2D eigenvalue weighted by molar-refractivity contribution is 5.33. The van der Waals surface area contributed by atoms with Gasteiger partial charge in [0.25, 0.3) is 0 Å². The van der Waals surface area contributed by atoms with Crippen molar-refractivity contribution in [2.24, 2.45) is 0 Å². The number of ether oxygens (including phenoxy) is 2. The van der Waals surface area contributed by atoms with Crippen molar-refractivity contribution >= 4 is 0 Å². The van der Waals surface area contributed by atoms with Gasteiger partial charge in [-0.25, -0.2) is 0 Å². The number of hydrogen-bond donors (Lipinski definition) is 1. The fraction of sp³-hybridized carbons (Fsp3) is 0.333. The molecule has 2 aromatic rings. The molecule has 0 aliphatic rings. The molecule has 25 heavy (non-hydrogen) atoms. The van der Waals surface area contributed by atoms with Gasteiger partial charge in [-0.3, -0.25) is 4.90 Å². The van der Waals surface area contributed by atoms with Crippen LogP contribution in [0.4, 0.5) is 0 Å². The van der Waals surface area contributed by atoms with Crippen molar-refractivity contribution in [3.63, 3.8) is 0 Å².